The monoisotopic (exact) mass is 500 g/mol. The SMILES string of the molecule is CCCCc1nc(C)c(C2=CCCS2)c(=O)n1Cc1ccc(-c2ccccc2-c2noc(=O)[nH]2)cc1. The molecule has 0 aliphatic carbocycles. The average molecular weight is 501 g/mol. The second-order valence-corrected chi connectivity index (χ2v) is 10.0. The van der Waals surface area contributed by atoms with E-state index in [2.05, 4.69) is 23.1 Å². The Morgan fingerprint density at radius 3 is 2.53 bits per heavy atom. The van der Waals surface area contributed by atoms with Gasteiger partial charge >= 0.3 is 5.76 Å². The highest BCUT2D eigenvalue weighted by atomic mass is 32.2. The van der Waals surface area contributed by atoms with E-state index in [1.165, 1.54) is 0 Å². The Morgan fingerprint density at radius 2 is 1.86 bits per heavy atom. The van der Waals surface area contributed by atoms with Crippen molar-refractivity contribution in [2.45, 2.75) is 46.1 Å². The molecule has 0 radical (unpaired) electrons. The molecule has 2 aromatic heterocycles. The first-order chi connectivity index (χ1) is 17.5. The van der Waals surface area contributed by atoms with Gasteiger partial charge < -0.3 is 0 Å². The molecule has 0 saturated carbocycles. The predicted octanol–water partition coefficient (Wildman–Crippen LogP) is 5.43. The largest absolute Gasteiger partial charge is 0.439 e. The molecule has 4 aromatic rings. The minimum atomic E-state index is -0.586. The highest BCUT2D eigenvalue weighted by Gasteiger charge is 2.20. The lowest BCUT2D eigenvalue weighted by Crippen LogP contribution is -2.29. The highest BCUT2D eigenvalue weighted by molar-refractivity contribution is 8.08. The number of thioether (sulfide) groups is 1. The first-order valence-corrected chi connectivity index (χ1v) is 13.2. The summed E-state index contributed by atoms with van der Waals surface area (Å²) in [6, 6.07) is 15.8. The molecule has 0 unspecified atom stereocenters. The Hall–Kier alpha value is -3.65. The summed E-state index contributed by atoms with van der Waals surface area (Å²) >= 11 is 1.74. The van der Waals surface area contributed by atoms with Crippen LogP contribution in [0.5, 0.6) is 0 Å². The molecule has 0 saturated heterocycles. The molecule has 3 heterocycles. The maximum Gasteiger partial charge on any atom is 0.439 e. The van der Waals surface area contributed by atoms with Gasteiger partial charge in [-0.25, -0.2) is 9.78 Å². The lowest BCUT2D eigenvalue weighted by molar-refractivity contribution is 0.388. The number of benzene rings is 2. The Balaban J connectivity index is 1.49. The molecular weight excluding hydrogens is 472 g/mol. The molecule has 5 rings (SSSR count). The van der Waals surface area contributed by atoms with Crippen molar-refractivity contribution in [3.63, 3.8) is 0 Å². The second kappa shape index (κ2) is 10.5. The van der Waals surface area contributed by atoms with E-state index in [0.29, 0.717) is 12.4 Å². The van der Waals surface area contributed by atoms with Crippen molar-refractivity contribution < 1.29 is 4.52 Å². The molecule has 8 heteroatoms. The van der Waals surface area contributed by atoms with Gasteiger partial charge in [0.2, 0.25) is 0 Å². The van der Waals surface area contributed by atoms with Crippen LogP contribution in [0.25, 0.3) is 27.4 Å². The van der Waals surface area contributed by atoms with E-state index in [1.54, 1.807) is 11.8 Å². The summed E-state index contributed by atoms with van der Waals surface area (Å²) in [5.74, 6) is 1.66. The zero-order valence-electron chi connectivity index (χ0n) is 20.4. The number of nitrogens with one attached hydrogen (secondary N) is 1. The van der Waals surface area contributed by atoms with E-state index >= 15 is 0 Å². The van der Waals surface area contributed by atoms with E-state index in [-0.39, 0.29) is 5.56 Å². The fraction of sp³-hybridized carbons (Fsp3) is 0.286. The van der Waals surface area contributed by atoms with Crippen molar-refractivity contribution in [3.05, 3.63) is 98.2 Å². The number of H-pyrrole nitrogens is 1. The lowest BCUT2D eigenvalue weighted by atomic mass is 9.98. The summed E-state index contributed by atoms with van der Waals surface area (Å²) in [6.45, 7) is 4.56. The fourth-order valence-electron chi connectivity index (χ4n) is 4.54. The summed E-state index contributed by atoms with van der Waals surface area (Å²) in [5, 5.41) is 3.84. The number of unbranched alkanes of at least 4 members (excludes halogenated alkanes) is 1. The minimum absolute atomic E-state index is 0.0404. The van der Waals surface area contributed by atoms with Gasteiger partial charge in [-0.05, 0) is 36.5 Å². The van der Waals surface area contributed by atoms with Crippen LogP contribution in [0.3, 0.4) is 0 Å². The summed E-state index contributed by atoms with van der Waals surface area (Å²) in [4.78, 5) is 33.7. The standard InChI is InChI=1S/C28H28N4O3S/c1-3-4-11-24-29-18(2)25(23-10-7-16-36-23)27(33)32(24)17-19-12-14-20(15-13-19)21-8-5-6-9-22(21)26-30-28(34)35-31-26/h5-6,8-10,12-15H,3-4,7,11,16-17H2,1-2H3,(H,30,31,34). The molecule has 0 bridgehead atoms. The van der Waals surface area contributed by atoms with Crippen molar-refractivity contribution in [3.8, 4) is 22.5 Å². The van der Waals surface area contributed by atoms with Crippen LogP contribution in [0.2, 0.25) is 0 Å². The molecule has 184 valence electrons. The van der Waals surface area contributed by atoms with Crippen LogP contribution >= 0.6 is 11.8 Å². The average Bonchev–Trinajstić information content (AvgIpc) is 3.57. The molecule has 36 heavy (non-hydrogen) atoms. The van der Waals surface area contributed by atoms with Gasteiger partial charge in [0, 0.05) is 22.6 Å². The molecule has 1 aliphatic rings. The lowest BCUT2D eigenvalue weighted by Gasteiger charge is -2.17. The first kappa shape index (κ1) is 24.1. The van der Waals surface area contributed by atoms with Gasteiger partial charge in [-0.3, -0.25) is 18.9 Å². The van der Waals surface area contributed by atoms with Gasteiger partial charge in [-0.1, -0.05) is 73.1 Å². The van der Waals surface area contributed by atoms with Crippen LogP contribution in [0.1, 0.15) is 48.8 Å². The third kappa shape index (κ3) is 4.86. The molecule has 2 aromatic carbocycles. The van der Waals surface area contributed by atoms with Crippen LogP contribution in [0, 0.1) is 6.92 Å². The van der Waals surface area contributed by atoms with Crippen molar-refractivity contribution in [2.24, 2.45) is 0 Å². The van der Waals surface area contributed by atoms with E-state index in [9.17, 15) is 9.59 Å². The fourth-order valence-corrected chi connectivity index (χ4v) is 5.61. The van der Waals surface area contributed by atoms with Gasteiger partial charge in [-0.15, -0.1) is 11.8 Å². The predicted molar refractivity (Wildman–Crippen MR) is 144 cm³/mol. The second-order valence-electron chi connectivity index (χ2n) is 8.87. The van der Waals surface area contributed by atoms with Gasteiger partial charge in [-0.2, -0.15) is 0 Å². The maximum absolute atomic E-state index is 13.7. The van der Waals surface area contributed by atoms with Gasteiger partial charge in [0.15, 0.2) is 5.82 Å². The van der Waals surface area contributed by atoms with Crippen LogP contribution < -0.4 is 11.3 Å². The van der Waals surface area contributed by atoms with E-state index < -0.39 is 5.76 Å². The number of aryl methyl sites for hydroxylation is 2. The Kier molecular flexibility index (Phi) is 7.04. The van der Waals surface area contributed by atoms with Gasteiger partial charge in [0.05, 0.1) is 17.8 Å². The number of aromatic nitrogens is 4. The number of rotatable bonds is 8. The highest BCUT2D eigenvalue weighted by Crippen LogP contribution is 2.33. The first-order valence-electron chi connectivity index (χ1n) is 12.2. The Morgan fingerprint density at radius 1 is 1.08 bits per heavy atom. The van der Waals surface area contributed by atoms with E-state index in [0.717, 1.165) is 75.7 Å². The molecule has 0 fully saturated rings. The van der Waals surface area contributed by atoms with Gasteiger partial charge in [0.1, 0.15) is 5.82 Å². The zero-order valence-corrected chi connectivity index (χ0v) is 21.2. The molecule has 0 spiro atoms. The van der Waals surface area contributed by atoms with E-state index in [4.69, 9.17) is 9.51 Å². The summed E-state index contributed by atoms with van der Waals surface area (Å²) in [7, 11) is 0. The molecular formula is C28H28N4O3S. The van der Waals surface area contributed by atoms with Crippen LogP contribution in [0.15, 0.2) is 68.7 Å². The Bertz CT molecular complexity index is 1530. The number of hydrogen-bond acceptors (Lipinski definition) is 6. The van der Waals surface area contributed by atoms with Crippen molar-refractivity contribution in [2.75, 3.05) is 5.75 Å². The number of nitrogens with zero attached hydrogens (tertiary/aromatic N) is 3. The van der Waals surface area contributed by atoms with Crippen LogP contribution in [-0.2, 0) is 13.0 Å². The molecule has 1 N–H and O–H groups in total. The zero-order chi connectivity index (χ0) is 25.1. The topological polar surface area (TPSA) is 93.8 Å². The molecule has 0 amide bonds. The summed E-state index contributed by atoms with van der Waals surface area (Å²) in [5.41, 5.74) is 5.31. The third-order valence-electron chi connectivity index (χ3n) is 6.36. The van der Waals surface area contributed by atoms with Crippen molar-refractivity contribution in [1.82, 2.24) is 19.7 Å². The summed E-state index contributed by atoms with van der Waals surface area (Å²) in [6.07, 6.45) is 5.95. The smallest absolute Gasteiger partial charge is 0.296 e. The molecule has 1 aliphatic heterocycles. The van der Waals surface area contributed by atoms with Crippen LogP contribution in [-0.4, -0.2) is 25.4 Å². The van der Waals surface area contributed by atoms with Crippen LogP contribution in [0.4, 0.5) is 0 Å². The molecule has 0 atom stereocenters. The van der Waals surface area contributed by atoms with Gasteiger partial charge in [0.25, 0.3) is 5.56 Å². The maximum atomic E-state index is 13.7. The normalized spacial score (nSPS) is 13.2. The van der Waals surface area contributed by atoms with Crippen molar-refractivity contribution >= 4 is 16.7 Å². The quantitative estimate of drug-likeness (QED) is 0.347. The Labute approximate surface area is 213 Å². The minimum Gasteiger partial charge on any atom is -0.296 e. The van der Waals surface area contributed by atoms with Crippen molar-refractivity contribution in [1.29, 1.82) is 0 Å². The number of hydrogen-bond donors (Lipinski definition) is 1. The number of aromatic amines is 1. The molecule has 7 nitrogen and oxygen atoms in total. The number of allylic oxidation sites excluding steroid dienone is 1. The third-order valence-corrected chi connectivity index (χ3v) is 7.48. The summed E-state index contributed by atoms with van der Waals surface area (Å²) < 4.78 is 6.54. The van der Waals surface area contributed by atoms with E-state index in [1.807, 2.05) is 60.0 Å².